The van der Waals surface area contributed by atoms with E-state index in [0.717, 1.165) is 5.69 Å². The number of benzene rings is 2. The van der Waals surface area contributed by atoms with Crippen molar-refractivity contribution in [1.29, 1.82) is 0 Å². The van der Waals surface area contributed by atoms with Gasteiger partial charge in [0.2, 0.25) is 10.0 Å². The predicted molar refractivity (Wildman–Crippen MR) is 112 cm³/mol. The molecule has 29 heavy (non-hydrogen) atoms. The first kappa shape index (κ1) is 19.7. The first-order chi connectivity index (χ1) is 14.0. The number of hydrogen-bond donors (Lipinski definition) is 0. The van der Waals surface area contributed by atoms with Crippen LogP contribution in [0.25, 0.3) is 5.69 Å². The van der Waals surface area contributed by atoms with Crippen LogP contribution in [-0.4, -0.2) is 54.3 Å². The fourth-order valence-electron chi connectivity index (χ4n) is 3.39. The van der Waals surface area contributed by atoms with Gasteiger partial charge in [-0.05, 0) is 48.5 Å². The van der Waals surface area contributed by atoms with Crippen LogP contribution < -0.4 is 0 Å². The smallest absolute Gasteiger partial charge is 0.253 e. The van der Waals surface area contributed by atoms with Crippen LogP contribution in [0.5, 0.6) is 0 Å². The Bertz CT molecular complexity index is 1100. The van der Waals surface area contributed by atoms with Crippen molar-refractivity contribution in [1.82, 2.24) is 13.8 Å². The third-order valence-corrected chi connectivity index (χ3v) is 7.40. The molecule has 6 nitrogen and oxygen atoms in total. The average Bonchev–Trinajstić information content (AvgIpc) is 3.28. The van der Waals surface area contributed by atoms with Crippen LogP contribution in [0.4, 0.5) is 0 Å². The highest BCUT2D eigenvalue weighted by atomic mass is 35.5. The molecule has 0 spiro atoms. The molecule has 3 aromatic rings. The zero-order valence-corrected chi connectivity index (χ0v) is 17.2. The van der Waals surface area contributed by atoms with Crippen LogP contribution in [-0.2, 0) is 10.0 Å². The Labute approximate surface area is 175 Å². The molecule has 1 saturated heterocycles. The molecule has 1 aliphatic heterocycles. The van der Waals surface area contributed by atoms with E-state index in [2.05, 4.69) is 0 Å². The number of halogens is 1. The minimum atomic E-state index is -3.68. The summed E-state index contributed by atoms with van der Waals surface area (Å²) in [6.45, 7) is 1.14. The molecule has 0 bridgehead atoms. The summed E-state index contributed by atoms with van der Waals surface area (Å²) in [5.41, 5.74) is 1.56. The quantitative estimate of drug-likeness (QED) is 0.639. The van der Waals surface area contributed by atoms with Crippen LogP contribution in [0.1, 0.15) is 10.4 Å². The highest BCUT2D eigenvalue weighted by Gasteiger charge is 2.31. The standard InChI is InChI=1S/C21H20ClN3O3S/c22-19-5-1-2-6-20(19)29(27,28)25-15-13-24(14-16-25)21(26)17-7-9-18(10-8-17)23-11-3-4-12-23/h1-12H,13-16H2. The average molecular weight is 430 g/mol. The van der Waals surface area contributed by atoms with Gasteiger partial charge in [0, 0.05) is 49.8 Å². The predicted octanol–water partition coefficient (Wildman–Crippen LogP) is 3.28. The maximum absolute atomic E-state index is 12.8. The minimum Gasteiger partial charge on any atom is -0.336 e. The lowest BCUT2D eigenvalue weighted by atomic mass is 10.1. The zero-order chi connectivity index (χ0) is 20.4. The van der Waals surface area contributed by atoms with Crippen molar-refractivity contribution in [3.05, 3.63) is 83.6 Å². The number of nitrogens with zero attached hydrogens (tertiary/aromatic N) is 3. The SMILES string of the molecule is O=C(c1ccc(-n2cccc2)cc1)N1CCN(S(=O)(=O)c2ccccc2Cl)CC1. The van der Waals surface area contributed by atoms with Gasteiger partial charge in [-0.15, -0.1) is 0 Å². The molecule has 4 rings (SSSR count). The first-order valence-electron chi connectivity index (χ1n) is 9.24. The summed E-state index contributed by atoms with van der Waals surface area (Å²) in [5, 5.41) is 0.203. The summed E-state index contributed by atoms with van der Waals surface area (Å²) in [7, 11) is -3.68. The summed E-state index contributed by atoms with van der Waals surface area (Å²) in [5.74, 6) is -0.0983. The largest absolute Gasteiger partial charge is 0.336 e. The van der Waals surface area contributed by atoms with Crippen molar-refractivity contribution >= 4 is 27.5 Å². The summed E-state index contributed by atoms with van der Waals surface area (Å²) in [4.78, 5) is 14.6. The van der Waals surface area contributed by atoms with E-state index in [1.807, 2.05) is 41.2 Å². The molecule has 0 aliphatic carbocycles. The van der Waals surface area contributed by atoms with Crippen molar-refractivity contribution in [2.45, 2.75) is 4.90 Å². The van der Waals surface area contributed by atoms with Gasteiger partial charge in [0.1, 0.15) is 4.90 Å². The molecule has 0 unspecified atom stereocenters. The lowest BCUT2D eigenvalue weighted by Gasteiger charge is -2.34. The van der Waals surface area contributed by atoms with Crippen molar-refractivity contribution < 1.29 is 13.2 Å². The summed E-state index contributed by atoms with van der Waals surface area (Å²) < 4.78 is 29.0. The summed E-state index contributed by atoms with van der Waals surface area (Å²) in [6, 6.07) is 17.7. The molecule has 0 atom stereocenters. The van der Waals surface area contributed by atoms with Crippen LogP contribution in [0.15, 0.2) is 78.0 Å². The lowest BCUT2D eigenvalue weighted by Crippen LogP contribution is -2.50. The van der Waals surface area contributed by atoms with Gasteiger partial charge in [0.05, 0.1) is 5.02 Å². The Kier molecular flexibility index (Phi) is 5.45. The van der Waals surface area contributed by atoms with Crippen molar-refractivity contribution in [2.75, 3.05) is 26.2 Å². The van der Waals surface area contributed by atoms with Crippen molar-refractivity contribution in [3.63, 3.8) is 0 Å². The Hall–Kier alpha value is -2.61. The Morgan fingerprint density at radius 2 is 1.45 bits per heavy atom. The molecule has 1 aliphatic rings. The Morgan fingerprint density at radius 1 is 0.828 bits per heavy atom. The van der Waals surface area contributed by atoms with E-state index >= 15 is 0 Å². The Balaban J connectivity index is 1.43. The molecule has 8 heteroatoms. The number of carbonyl (C=O) groups excluding carboxylic acids is 1. The number of hydrogen-bond acceptors (Lipinski definition) is 3. The van der Waals surface area contributed by atoms with E-state index in [-0.39, 0.29) is 28.9 Å². The highest BCUT2D eigenvalue weighted by molar-refractivity contribution is 7.89. The number of carbonyl (C=O) groups is 1. The first-order valence-corrected chi connectivity index (χ1v) is 11.1. The van der Waals surface area contributed by atoms with Crippen LogP contribution >= 0.6 is 11.6 Å². The number of amides is 1. The monoisotopic (exact) mass is 429 g/mol. The molecule has 2 heterocycles. The fraction of sp³-hybridized carbons (Fsp3) is 0.190. The molecule has 150 valence electrons. The highest BCUT2D eigenvalue weighted by Crippen LogP contribution is 2.25. The maximum Gasteiger partial charge on any atom is 0.253 e. The molecule has 0 radical (unpaired) electrons. The van der Waals surface area contributed by atoms with E-state index in [1.165, 1.54) is 10.4 Å². The van der Waals surface area contributed by atoms with Crippen molar-refractivity contribution in [2.24, 2.45) is 0 Å². The normalized spacial score (nSPS) is 15.4. The third-order valence-electron chi connectivity index (χ3n) is 5.00. The van der Waals surface area contributed by atoms with Crippen LogP contribution in [0, 0.1) is 0 Å². The van der Waals surface area contributed by atoms with Gasteiger partial charge in [0.15, 0.2) is 0 Å². The van der Waals surface area contributed by atoms with E-state index < -0.39 is 10.0 Å². The maximum atomic E-state index is 12.8. The number of piperazine rings is 1. The van der Waals surface area contributed by atoms with Gasteiger partial charge in [-0.25, -0.2) is 8.42 Å². The van der Waals surface area contributed by atoms with Gasteiger partial charge in [-0.1, -0.05) is 23.7 Å². The minimum absolute atomic E-state index is 0.0983. The van der Waals surface area contributed by atoms with Crippen LogP contribution in [0.2, 0.25) is 5.02 Å². The summed E-state index contributed by atoms with van der Waals surface area (Å²) >= 11 is 6.06. The van der Waals surface area contributed by atoms with Gasteiger partial charge in [0.25, 0.3) is 5.91 Å². The van der Waals surface area contributed by atoms with Gasteiger partial charge in [-0.3, -0.25) is 4.79 Å². The van der Waals surface area contributed by atoms with Gasteiger partial charge >= 0.3 is 0 Å². The zero-order valence-electron chi connectivity index (χ0n) is 15.6. The fourth-order valence-corrected chi connectivity index (χ4v) is 5.31. The number of sulfonamides is 1. The second-order valence-corrected chi connectivity index (χ2v) is 9.08. The number of rotatable bonds is 4. The summed E-state index contributed by atoms with van der Waals surface area (Å²) in [6.07, 6.45) is 3.88. The van der Waals surface area contributed by atoms with Crippen molar-refractivity contribution in [3.8, 4) is 5.69 Å². The van der Waals surface area contributed by atoms with E-state index in [9.17, 15) is 13.2 Å². The number of aromatic nitrogens is 1. The second kappa shape index (κ2) is 8.02. The van der Waals surface area contributed by atoms with Gasteiger partial charge in [-0.2, -0.15) is 4.31 Å². The second-order valence-electron chi connectivity index (χ2n) is 6.76. The molecule has 1 aromatic heterocycles. The topological polar surface area (TPSA) is 62.6 Å². The molecule has 0 saturated carbocycles. The Morgan fingerprint density at radius 3 is 2.07 bits per heavy atom. The molecular weight excluding hydrogens is 410 g/mol. The van der Waals surface area contributed by atoms with E-state index in [0.29, 0.717) is 18.7 Å². The molecule has 1 fully saturated rings. The van der Waals surface area contributed by atoms with E-state index in [1.54, 1.807) is 35.2 Å². The van der Waals surface area contributed by atoms with E-state index in [4.69, 9.17) is 11.6 Å². The third kappa shape index (κ3) is 3.94. The lowest BCUT2D eigenvalue weighted by molar-refractivity contribution is 0.0698. The molecule has 1 amide bonds. The molecular formula is C21H20ClN3O3S. The van der Waals surface area contributed by atoms with Crippen LogP contribution in [0.3, 0.4) is 0 Å². The molecule has 2 aromatic carbocycles. The molecule has 0 N–H and O–H groups in total. The van der Waals surface area contributed by atoms with Gasteiger partial charge < -0.3 is 9.47 Å².